The van der Waals surface area contributed by atoms with Crippen molar-refractivity contribution in [2.75, 3.05) is 0 Å². The van der Waals surface area contributed by atoms with Crippen molar-refractivity contribution in [2.24, 2.45) is 0 Å². The summed E-state index contributed by atoms with van der Waals surface area (Å²) in [5.41, 5.74) is 1.85. The van der Waals surface area contributed by atoms with Gasteiger partial charge in [-0.3, -0.25) is 0 Å². The highest BCUT2D eigenvalue weighted by Gasteiger charge is 1.99. The summed E-state index contributed by atoms with van der Waals surface area (Å²) in [7, 11) is 0. The predicted molar refractivity (Wildman–Crippen MR) is 50.0 cm³/mol. The summed E-state index contributed by atoms with van der Waals surface area (Å²) in [6.07, 6.45) is 0. The summed E-state index contributed by atoms with van der Waals surface area (Å²) in [6, 6.07) is 7.62. The number of alkyl halides is 1. The van der Waals surface area contributed by atoms with Crippen LogP contribution in [0.4, 0.5) is 5.69 Å². The third-order valence-electron chi connectivity index (χ3n) is 1.46. The summed E-state index contributed by atoms with van der Waals surface area (Å²) < 4.78 is 0. The van der Waals surface area contributed by atoms with Crippen molar-refractivity contribution >= 4 is 21.6 Å². The average Bonchev–Trinajstić information content (AvgIpc) is 2.05. The molecule has 0 bridgehead atoms. The highest BCUT2D eigenvalue weighted by molar-refractivity contribution is 9.09. The molecule has 0 spiro atoms. The third kappa shape index (κ3) is 2.06. The topological polar surface area (TPSA) is 4.36 Å². The van der Waals surface area contributed by atoms with Crippen LogP contribution in [0, 0.1) is 6.57 Å². The summed E-state index contributed by atoms with van der Waals surface area (Å²) >= 11 is 3.44. The molecule has 1 unspecified atom stereocenters. The number of hydrogen-bond acceptors (Lipinski definition) is 0. The molecule has 1 nitrogen and oxygen atoms in total. The standard InChI is InChI=1S/C9H8BrN/c1-7(10)8-4-3-5-9(6-8)11-2/h3-7H,1H3. The number of benzene rings is 1. The molecule has 1 atom stereocenters. The second-order valence-corrected chi connectivity index (χ2v) is 3.70. The zero-order valence-corrected chi connectivity index (χ0v) is 7.80. The molecule has 0 heterocycles. The first-order chi connectivity index (χ1) is 5.24. The van der Waals surface area contributed by atoms with Crippen LogP contribution in [0.3, 0.4) is 0 Å². The Bertz CT molecular complexity index is 286. The van der Waals surface area contributed by atoms with Crippen LogP contribution >= 0.6 is 15.9 Å². The normalized spacial score (nSPS) is 12.1. The SMILES string of the molecule is [C-]#[N+]c1cccc(C(C)Br)c1. The predicted octanol–water partition coefficient (Wildman–Crippen LogP) is 3.69. The Kier molecular flexibility index (Phi) is 2.67. The van der Waals surface area contributed by atoms with Gasteiger partial charge in [-0.1, -0.05) is 40.2 Å². The van der Waals surface area contributed by atoms with E-state index in [0.29, 0.717) is 10.5 Å². The van der Waals surface area contributed by atoms with Gasteiger partial charge in [0.15, 0.2) is 5.69 Å². The maximum atomic E-state index is 6.79. The lowest BCUT2D eigenvalue weighted by Crippen LogP contribution is -1.80. The van der Waals surface area contributed by atoms with Gasteiger partial charge in [0.2, 0.25) is 0 Å². The molecule has 0 radical (unpaired) electrons. The summed E-state index contributed by atoms with van der Waals surface area (Å²) in [6.45, 7) is 8.84. The Balaban J connectivity index is 3.03. The second kappa shape index (κ2) is 3.54. The van der Waals surface area contributed by atoms with E-state index in [9.17, 15) is 0 Å². The Labute approximate surface area is 75.0 Å². The van der Waals surface area contributed by atoms with Crippen LogP contribution in [0.15, 0.2) is 24.3 Å². The van der Waals surface area contributed by atoms with E-state index in [4.69, 9.17) is 6.57 Å². The Morgan fingerprint density at radius 1 is 1.55 bits per heavy atom. The van der Waals surface area contributed by atoms with Gasteiger partial charge in [-0.2, -0.15) is 0 Å². The summed E-state index contributed by atoms with van der Waals surface area (Å²) in [5, 5.41) is 0. The fourth-order valence-corrected chi connectivity index (χ4v) is 1.13. The summed E-state index contributed by atoms with van der Waals surface area (Å²) in [4.78, 5) is 3.67. The molecular formula is C9H8BrN. The highest BCUT2D eigenvalue weighted by Crippen LogP contribution is 2.24. The van der Waals surface area contributed by atoms with Crippen LogP contribution in [0.1, 0.15) is 17.3 Å². The molecule has 0 saturated heterocycles. The third-order valence-corrected chi connectivity index (χ3v) is 1.99. The van der Waals surface area contributed by atoms with Crippen molar-refractivity contribution in [3.8, 4) is 0 Å². The lowest BCUT2D eigenvalue weighted by molar-refractivity contribution is 1.13. The molecule has 1 aromatic rings. The lowest BCUT2D eigenvalue weighted by Gasteiger charge is -2.02. The zero-order chi connectivity index (χ0) is 8.27. The smallest absolute Gasteiger partial charge is 0.187 e. The molecule has 0 aliphatic rings. The second-order valence-electron chi connectivity index (χ2n) is 2.32. The van der Waals surface area contributed by atoms with Gasteiger partial charge in [0.1, 0.15) is 0 Å². The van der Waals surface area contributed by atoms with E-state index in [1.54, 1.807) is 0 Å². The monoisotopic (exact) mass is 209 g/mol. The summed E-state index contributed by atoms with van der Waals surface area (Å²) in [5.74, 6) is 0. The first-order valence-corrected chi connectivity index (χ1v) is 4.27. The minimum atomic E-state index is 0.323. The van der Waals surface area contributed by atoms with Crippen molar-refractivity contribution in [3.05, 3.63) is 41.2 Å². The maximum Gasteiger partial charge on any atom is 0.187 e. The quantitative estimate of drug-likeness (QED) is 0.491. The fraction of sp³-hybridized carbons (Fsp3) is 0.222. The first kappa shape index (κ1) is 8.29. The van der Waals surface area contributed by atoms with E-state index in [-0.39, 0.29) is 0 Å². The van der Waals surface area contributed by atoms with Gasteiger partial charge in [-0.25, -0.2) is 4.85 Å². The van der Waals surface area contributed by atoms with Gasteiger partial charge in [-0.15, -0.1) is 0 Å². The molecule has 0 aromatic heterocycles. The van der Waals surface area contributed by atoms with Crippen molar-refractivity contribution in [2.45, 2.75) is 11.8 Å². The number of halogens is 1. The molecule has 56 valence electrons. The van der Waals surface area contributed by atoms with Crippen LogP contribution < -0.4 is 0 Å². The van der Waals surface area contributed by atoms with E-state index in [1.807, 2.05) is 31.2 Å². The Morgan fingerprint density at radius 2 is 2.27 bits per heavy atom. The van der Waals surface area contributed by atoms with Crippen molar-refractivity contribution in [1.29, 1.82) is 0 Å². The molecule has 0 aliphatic carbocycles. The van der Waals surface area contributed by atoms with Crippen LogP contribution in [0.2, 0.25) is 0 Å². The molecule has 0 N–H and O–H groups in total. The van der Waals surface area contributed by atoms with E-state index in [1.165, 1.54) is 0 Å². The minimum Gasteiger partial charge on any atom is -0.238 e. The van der Waals surface area contributed by atoms with Crippen LogP contribution in [-0.4, -0.2) is 0 Å². The van der Waals surface area contributed by atoms with Crippen molar-refractivity contribution < 1.29 is 0 Å². The molecule has 2 heteroatoms. The maximum absolute atomic E-state index is 6.79. The van der Waals surface area contributed by atoms with E-state index < -0.39 is 0 Å². The molecule has 0 amide bonds. The Hall–Kier alpha value is -0.810. The van der Waals surface area contributed by atoms with Gasteiger partial charge in [0.05, 0.1) is 6.57 Å². The van der Waals surface area contributed by atoms with Crippen LogP contribution in [0.25, 0.3) is 4.85 Å². The van der Waals surface area contributed by atoms with Crippen molar-refractivity contribution in [1.82, 2.24) is 0 Å². The van der Waals surface area contributed by atoms with E-state index >= 15 is 0 Å². The zero-order valence-electron chi connectivity index (χ0n) is 6.21. The molecule has 0 aliphatic heterocycles. The van der Waals surface area contributed by atoms with Crippen molar-refractivity contribution in [3.63, 3.8) is 0 Å². The molecule has 0 saturated carbocycles. The van der Waals surface area contributed by atoms with E-state index in [2.05, 4.69) is 20.8 Å². The molecule has 11 heavy (non-hydrogen) atoms. The van der Waals surface area contributed by atoms with E-state index in [0.717, 1.165) is 5.56 Å². The number of rotatable bonds is 1. The van der Waals surface area contributed by atoms with Gasteiger partial charge < -0.3 is 0 Å². The fourth-order valence-electron chi connectivity index (χ4n) is 0.842. The lowest BCUT2D eigenvalue weighted by atomic mass is 10.1. The average molecular weight is 210 g/mol. The highest BCUT2D eigenvalue weighted by atomic mass is 79.9. The van der Waals surface area contributed by atoms with Gasteiger partial charge in [0, 0.05) is 4.83 Å². The van der Waals surface area contributed by atoms with Crippen LogP contribution in [0.5, 0.6) is 0 Å². The Morgan fingerprint density at radius 3 is 2.82 bits per heavy atom. The van der Waals surface area contributed by atoms with Gasteiger partial charge >= 0.3 is 0 Å². The minimum absolute atomic E-state index is 0.323. The number of hydrogen-bond donors (Lipinski definition) is 0. The van der Waals surface area contributed by atoms with Gasteiger partial charge in [0.25, 0.3) is 0 Å². The van der Waals surface area contributed by atoms with Gasteiger partial charge in [-0.05, 0) is 12.5 Å². The largest absolute Gasteiger partial charge is 0.238 e. The molecule has 0 fully saturated rings. The van der Waals surface area contributed by atoms with Crippen LogP contribution in [-0.2, 0) is 0 Å². The molecular weight excluding hydrogens is 202 g/mol. The first-order valence-electron chi connectivity index (χ1n) is 3.35. The number of nitrogens with zero attached hydrogens (tertiary/aromatic N) is 1. The molecule has 1 rings (SSSR count). The molecule has 1 aromatic carbocycles.